The Morgan fingerprint density at radius 1 is 1.21 bits per heavy atom. The van der Waals surface area contributed by atoms with Gasteiger partial charge in [-0.15, -0.1) is 0 Å². The molecule has 14 heavy (non-hydrogen) atoms. The van der Waals surface area contributed by atoms with Crippen LogP contribution in [0.4, 0.5) is 0 Å². The topological polar surface area (TPSA) is 71.4 Å². The maximum absolute atomic E-state index is 11.3. The molecule has 1 saturated heterocycles. The largest absolute Gasteiger partial charge is 0.481 e. The second kappa shape index (κ2) is 4.40. The lowest BCUT2D eigenvalue weighted by Gasteiger charge is -2.12. The summed E-state index contributed by atoms with van der Waals surface area (Å²) in [6.45, 7) is 0.997. The van der Waals surface area contributed by atoms with Crippen LogP contribution in [0.25, 0.3) is 0 Å². The van der Waals surface area contributed by atoms with Crippen LogP contribution in [0.2, 0.25) is 18.5 Å². The van der Waals surface area contributed by atoms with E-state index in [0.717, 1.165) is 32.4 Å². The zero-order chi connectivity index (χ0) is 10.7. The first-order chi connectivity index (χ1) is 6.54. The van der Waals surface area contributed by atoms with E-state index in [4.69, 9.17) is 5.11 Å². The Labute approximate surface area is 82.8 Å². The van der Waals surface area contributed by atoms with E-state index in [9.17, 15) is 14.4 Å². The van der Waals surface area contributed by atoms with Gasteiger partial charge in [-0.2, -0.15) is 0 Å². The summed E-state index contributed by atoms with van der Waals surface area (Å²) in [5.74, 6) is -3.65. The number of rotatable bonds is 4. The summed E-state index contributed by atoms with van der Waals surface area (Å²) in [6.07, 6.45) is 3.41. The molecule has 0 aromatic carbocycles. The molecule has 1 aliphatic heterocycles. The summed E-state index contributed by atoms with van der Waals surface area (Å²) in [6, 6.07) is 0. The minimum absolute atomic E-state index is 0.135. The second-order valence-electron chi connectivity index (χ2n) is 3.78. The van der Waals surface area contributed by atoms with Crippen molar-refractivity contribution in [1.82, 2.24) is 0 Å². The van der Waals surface area contributed by atoms with E-state index >= 15 is 0 Å². The van der Waals surface area contributed by atoms with Crippen molar-refractivity contribution in [2.45, 2.75) is 38.2 Å². The molecule has 1 aliphatic rings. The van der Waals surface area contributed by atoms with Gasteiger partial charge in [0.25, 0.3) is 0 Å². The smallest absolute Gasteiger partial charge is 0.306 e. The summed E-state index contributed by atoms with van der Waals surface area (Å²) in [5.41, 5.74) is 0. The molecule has 1 unspecified atom stereocenters. The Morgan fingerprint density at radius 3 is 2.07 bits per heavy atom. The third kappa shape index (κ3) is 2.22. The van der Waals surface area contributed by atoms with E-state index in [1.54, 1.807) is 0 Å². The van der Waals surface area contributed by atoms with Gasteiger partial charge < -0.3 is 5.11 Å². The van der Waals surface area contributed by atoms with E-state index < -0.39 is 23.4 Å². The van der Waals surface area contributed by atoms with Crippen LogP contribution in [0.1, 0.15) is 19.8 Å². The molecule has 1 fully saturated rings. The highest BCUT2D eigenvalue weighted by atomic mass is 16.4. The van der Waals surface area contributed by atoms with Crippen molar-refractivity contribution in [3.63, 3.8) is 0 Å². The van der Waals surface area contributed by atoms with Crippen LogP contribution in [0, 0.1) is 0 Å². The molecule has 0 aliphatic carbocycles. The number of hydrogen-bond acceptors (Lipinski definition) is 3. The molecule has 76 valence electrons. The fourth-order valence-electron chi connectivity index (χ4n) is 2.04. The molecule has 1 rings (SSSR count). The lowest BCUT2D eigenvalue weighted by Crippen LogP contribution is -2.34. The molecule has 5 heteroatoms. The van der Waals surface area contributed by atoms with Crippen LogP contribution in [0.5, 0.6) is 0 Å². The summed E-state index contributed by atoms with van der Waals surface area (Å²) >= 11 is 0. The van der Waals surface area contributed by atoms with Crippen LogP contribution in [-0.2, 0) is 14.4 Å². The summed E-state index contributed by atoms with van der Waals surface area (Å²) in [7, 11) is 0. The first kappa shape index (κ1) is 11.0. The van der Waals surface area contributed by atoms with E-state index in [2.05, 4.69) is 0 Å². The molecule has 1 N–H and O–H groups in total. The molecule has 0 radical (unpaired) electrons. The van der Waals surface area contributed by atoms with Gasteiger partial charge >= 0.3 is 5.97 Å². The van der Waals surface area contributed by atoms with Crippen molar-refractivity contribution in [3.05, 3.63) is 0 Å². The normalized spacial score (nSPS) is 17.9. The fourth-order valence-corrected chi connectivity index (χ4v) is 2.04. The van der Waals surface area contributed by atoms with Crippen molar-refractivity contribution in [1.29, 1.82) is 0 Å². The van der Waals surface area contributed by atoms with Crippen LogP contribution in [-0.4, -0.2) is 29.4 Å². The fraction of sp³-hybridized carbons (Fsp3) is 0.667. The van der Waals surface area contributed by atoms with Gasteiger partial charge in [-0.3, -0.25) is 14.4 Å². The highest BCUT2D eigenvalue weighted by Crippen LogP contribution is 2.29. The summed E-state index contributed by atoms with van der Waals surface area (Å²) in [5, 5.41) is 8.88. The SMILES string of the molecule is CC(=O)C(=O)C(B1CCCC1)C(=O)O. The molecular formula is C9H13BO4. The lowest BCUT2D eigenvalue weighted by atomic mass is 9.39. The minimum Gasteiger partial charge on any atom is -0.481 e. The first-order valence-electron chi connectivity index (χ1n) is 4.81. The summed E-state index contributed by atoms with van der Waals surface area (Å²) < 4.78 is 0. The Hall–Kier alpha value is -1.13. The molecule has 0 aromatic rings. The lowest BCUT2D eigenvalue weighted by molar-refractivity contribution is -0.144. The van der Waals surface area contributed by atoms with Gasteiger partial charge in [0, 0.05) is 6.92 Å². The van der Waals surface area contributed by atoms with Crippen LogP contribution in [0.3, 0.4) is 0 Å². The monoisotopic (exact) mass is 196 g/mol. The summed E-state index contributed by atoms with van der Waals surface area (Å²) in [4.78, 5) is 33.0. The van der Waals surface area contributed by atoms with Gasteiger partial charge in [0.2, 0.25) is 5.78 Å². The number of hydrogen-bond donors (Lipinski definition) is 1. The minimum atomic E-state index is -1.16. The third-order valence-electron chi connectivity index (χ3n) is 2.77. The molecule has 0 amide bonds. The first-order valence-corrected chi connectivity index (χ1v) is 4.81. The number of aliphatic carboxylic acids is 1. The number of carboxylic acid groups (broad SMARTS) is 1. The molecule has 0 bridgehead atoms. The number of ketones is 2. The van der Waals surface area contributed by atoms with E-state index in [1.807, 2.05) is 0 Å². The van der Waals surface area contributed by atoms with Gasteiger partial charge in [-0.25, -0.2) is 0 Å². The van der Waals surface area contributed by atoms with Gasteiger partial charge in [-0.1, -0.05) is 25.5 Å². The average Bonchev–Trinajstić information content (AvgIpc) is 2.56. The van der Waals surface area contributed by atoms with Gasteiger partial charge in [-0.05, 0) is 0 Å². The Morgan fingerprint density at radius 2 is 1.71 bits per heavy atom. The van der Waals surface area contributed by atoms with Gasteiger partial charge in [0.15, 0.2) is 12.5 Å². The third-order valence-corrected chi connectivity index (χ3v) is 2.77. The highest BCUT2D eigenvalue weighted by Gasteiger charge is 2.40. The Balaban J connectivity index is 2.77. The predicted molar refractivity (Wildman–Crippen MR) is 51.7 cm³/mol. The number of carboxylic acids is 1. The van der Waals surface area contributed by atoms with Crippen molar-refractivity contribution >= 4 is 24.2 Å². The zero-order valence-corrected chi connectivity index (χ0v) is 8.16. The molecular weight excluding hydrogens is 183 g/mol. The van der Waals surface area contributed by atoms with E-state index in [0.29, 0.717) is 0 Å². The average molecular weight is 196 g/mol. The molecule has 0 saturated carbocycles. The Bertz CT molecular complexity index is 268. The maximum atomic E-state index is 11.3. The predicted octanol–water partition coefficient (Wildman–Crippen LogP) is 0.888. The second-order valence-corrected chi connectivity index (χ2v) is 3.78. The molecule has 1 heterocycles. The van der Waals surface area contributed by atoms with Crippen molar-refractivity contribution in [3.8, 4) is 0 Å². The van der Waals surface area contributed by atoms with Gasteiger partial charge in [0.1, 0.15) is 0 Å². The molecule has 1 atom stereocenters. The van der Waals surface area contributed by atoms with E-state index in [-0.39, 0.29) is 6.71 Å². The molecule has 0 spiro atoms. The van der Waals surface area contributed by atoms with Crippen LogP contribution >= 0.6 is 0 Å². The van der Waals surface area contributed by atoms with Crippen molar-refractivity contribution in [2.75, 3.05) is 0 Å². The van der Waals surface area contributed by atoms with Crippen molar-refractivity contribution in [2.24, 2.45) is 0 Å². The van der Waals surface area contributed by atoms with Crippen LogP contribution in [0.15, 0.2) is 0 Å². The van der Waals surface area contributed by atoms with Gasteiger partial charge in [0.05, 0.1) is 5.82 Å². The molecule has 4 nitrogen and oxygen atoms in total. The number of carbonyl (C=O) groups excluding carboxylic acids is 2. The Kier molecular flexibility index (Phi) is 3.44. The van der Waals surface area contributed by atoms with Crippen LogP contribution < -0.4 is 0 Å². The van der Waals surface area contributed by atoms with Crippen molar-refractivity contribution < 1.29 is 19.5 Å². The quantitative estimate of drug-likeness (QED) is 0.411. The zero-order valence-electron chi connectivity index (χ0n) is 8.16. The number of carbonyl (C=O) groups is 3. The van der Waals surface area contributed by atoms with E-state index in [1.165, 1.54) is 0 Å². The highest BCUT2D eigenvalue weighted by molar-refractivity contribution is 6.73. The maximum Gasteiger partial charge on any atom is 0.306 e. The molecule has 0 aromatic heterocycles. The standard InChI is InChI=1S/C9H13BO4/c1-6(11)8(12)7(9(13)14)10-4-2-3-5-10/h7H,2-5H2,1H3,(H,13,14). The number of Topliss-reactive ketones (excluding diaryl/α,β-unsaturated/α-hetero) is 2.